The van der Waals surface area contributed by atoms with Crippen LogP contribution in [0.15, 0.2) is 24.3 Å². The zero-order chi connectivity index (χ0) is 8.10. The molecule has 0 unspecified atom stereocenters. The molecule has 0 aromatic heterocycles. The second kappa shape index (κ2) is 3.83. The number of rotatable bonds is 2. The SMILES string of the molecule is [C]#Cc1ccc(CCC)cc1. The van der Waals surface area contributed by atoms with Gasteiger partial charge in [-0.25, -0.2) is 0 Å². The highest BCUT2D eigenvalue weighted by Gasteiger charge is 1.89. The maximum Gasteiger partial charge on any atom is 0.0255 e. The zero-order valence-electron chi connectivity index (χ0n) is 6.72. The van der Waals surface area contributed by atoms with Crippen molar-refractivity contribution in [1.82, 2.24) is 0 Å². The first-order valence-corrected chi connectivity index (χ1v) is 3.88. The minimum Gasteiger partial charge on any atom is -0.0651 e. The largest absolute Gasteiger partial charge is 0.0651 e. The number of aryl methyl sites for hydroxylation is 1. The lowest BCUT2D eigenvalue weighted by atomic mass is 10.1. The molecule has 1 rings (SSSR count). The van der Waals surface area contributed by atoms with E-state index in [9.17, 15) is 0 Å². The van der Waals surface area contributed by atoms with E-state index in [-0.39, 0.29) is 0 Å². The second-order valence-corrected chi connectivity index (χ2v) is 2.57. The molecule has 0 nitrogen and oxygen atoms in total. The molecule has 1 aromatic rings. The molecule has 0 saturated carbocycles. The molecule has 0 amide bonds. The number of hydrogen-bond acceptors (Lipinski definition) is 0. The highest BCUT2D eigenvalue weighted by molar-refractivity contribution is 5.32. The molecule has 0 saturated heterocycles. The van der Waals surface area contributed by atoms with Crippen molar-refractivity contribution < 1.29 is 0 Å². The van der Waals surface area contributed by atoms with Gasteiger partial charge in [-0.1, -0.05) is 31.4 Å². The molecule has 0 heterocycles. The third kappa shape index (κ3) is 2.13. The first kappa shape index (κ1) is 7.88. The summed E-state index contributed by atoms with van der Waals surface area (Å²) in [5.41, 5.74) is 2.19. The van der Waals surface area contributed by atoms with Crippen LogP contribution in [0.25, 0.3) is 0 Å². The van der Waals surface area contributed by atoms with Crippen LogP contribution in [0.1, 0.15) is 24.5 Å². The van der Waals surface area contributed by atoms with Crippen molar-refractivity contribution in [3.63, 3.8) is 0 Å². The predicted octanol–water partition coefficient (Wildman–Crippen LogP) is 2.58. The van der Waals surface area contributed by atoms with E-state index in [1.165, 1.54) is 12.0 Å². The van der Waals surface area contributed by atoms with Gasteiger partial charge in [-0.2, -0.15) is 0 Å². The van der Waals surface area contributed by atoms with Crippen LogP contribution in [0, 0.1) is 12.3 Å². The molecule has 0 spiro atoms. The van der Waals surface area contributed by atoms with Gasteiger partial charge in [-0.3, -0.25) is 0 Å². The molecule has 1 aromatic carbocycles. The molecule has 0 fully saturated rings. The standard InChI is InChI=1S/C11H11/c1-3-5-11-8-6-10(4-2)7-9-11/h6-9H,3,5H2,1H3. The van der Waals surface area contributed by atoms with Crippen molar-refractivity contribution in [1.29, 1.82) is 0 Å². The Balaban J connectivity index is 2.76. The van der Waals surface area contributed by atoms with Gasteiger partial charge < -0.3 is 0 Å². The lowest BCUT2D eigenvalue weighted by Crippen LogP contribution is -1.82. The normalized spacial score (nSPS) is 9.09. The van der Waals surface area contributed by atoms with Crippen molar-refractivity contribution >= 4 is 0 Å². The summed E-state index contributed by atoms with van der Waals surface area (Å²) < 4.78 is 0. The van der Waals surface area contributed by atoms with Crippen molar-refractivity contribution in [2.75, 3.05) is 0 Å². The molecule has 0 aliphatic rings. The highest BCUT2D eigenvalue weighted by Crippen LogP contribution is 2.04. The Bertz CT molecular complexity index is 248. The molecule has 11 heavy (non-hydrogen) atoms. The maximum absolute atomic E-state index is 6.87. The molecule has 0 N–H and O–H groups in total. The van der Waals surface area contributed by atoms with Gasteiger partial charge in [0.1, 0.15) is 0 Å². The fourth-order valence-electron chi connectivity index (χ4n) is 1.04. The second-order valence-electron chi connectivity index (χ2n) is 2.57. The summed E-state index contributed by atoms with van der Waals surface area (Å²) in [7, 11) is 0. The fourth-order valence-corrected chi connectivity index (χ4v) is 1.04. The third-order valence-corrected chi connectivity index (χ3v) is 1.64. The molecule has 0 bridgehead atoms. The van der Waals surface area contributed by atoms with Gasteiger partial charge in [0.15, 0.2) is 0 Å². The van der Waals surface area contributed by atoms with Gasteiger partial charge in [0.2, 0.25) is 0 Å². The van der Waals surface area contributed by atoms with Gasteiger partial charge >= 0.3 is 0 Å². The fraction of sp³-hybridized carbons (Fsp3) is 0.273. The molecule has 0 atom stereocenters. The average Bonchev–Trinajstić information content (AvgIpc) is 2.07. The minimum atomic E-state index is 0.852. The first-order chi connectivity index (χ1) is 5.36. The van der Waals surface area contributed by atoms with E-state index < -0.39 is 0 Å². The molecule has 0 heteroatoms. The van der Waals surface area contributed by atoms with E-state index in [1.807, 2.05) is 12.1 Å². The van der Waals surface area contributed by atoms with E-state index in [0.717, 1.165) is 12.0 Å². The molecular weight excluding hydrogens is 132 g/mol. The Hall–Kier alpha value is -1.22. The van der Waals surface area contributed by atoms with Crippen LogP contribution in [0.4, 0.5) is 0 Å². The quantitative estimate of drug-likeness (QED) is 0.558. The summed E-state index contributed by atoms with van der Waals surface area (Å²) in [5.74, 6) is 2.35. The molecular formula is C11H11. The lowest BCUT2D eigenvalue weighted by molar-refractivity contribution is 0.922. The molecule has 55 valence electrons. The zero-order valence-corrected chi connectivity index (χ0v) is 6.72. The van der Waals surface area contributed by atoms with E-state index in [0.29, 0.717) is 0 Å². The van der Waals surface area contributed by atoms with Crippen LogP contribution in [0.5, 0.6) is 0 Å². The summed E-state index contributed by atoms with van der Waals surface area (Å²) in [6.45, 7) is 2.16. The van der Waals surface area contributed by atoms with Gasteiger partial charge in [0.05, 0.1) is 0 Å². The van der Waals surface area contributed by atoms with Crippen LogP contribution < -0.4 is 0 Å². The maximum atomic E-state index is 6.87. The smallest absolute Gasteiger partial charge is 0.0255 e. The Morgan fingerprint density at radius 1 is 1.27 bits per heavy atom. The number of benzene rings is 1. The van der Waals surface area contributed by atoms with Crippen LogP contribution in [-0.4, -0.2) is 0 Å². The summed E-state index contributed by atoms with van der Waals surface area (Å²) in [5, 5.41) is 0. The van der Waals surface area contributed by atoms with E-state index >= 15 is 0 Å². The first-order valence-electron chi connectivity index (χ1n) is 3.88. The Kier molecular flexibility index (Phi) is 2.74. The topological polar surface area (TPSA) is 0 Å². The monoisotopic (exact) mass is 143 g/mol. The number of hydrogen-bond donors (Lipinski definition) is 0. The van der Waals surface area contributed by atoms with Crippen molar-refractivity contribution in [3.8, 4) is 5.92 Å². The Morgan fingerprint density at radius 2 is 1.91 bits per heavy atom. The van der Waals surface area contributed by atoms with Crippen LogP contribution >= 0.6 is 0 Å². The van der Waals surface area contributed by atoms with Crippen molar-refractivity contribution in [3.05, 3.63) is 41.8 Å². The van der Waals surface area contributed by atoms with Crippen molar-refractivity contribution in [2.45, 2.75) is 19.8 Å². The molecule has 1 radical (unpaired) electrons. The Labute approximate surface area is 68.3 Å². The van der Waals surface area contributed by atoms with Crippen LogP contribution in [-0.2, 0) is 6.42 Å². The summed E-state index contributed by atoms with van der Waals surface area (Å²) in [4.78, 5) is 0. The van der Waals surface area contributed by atoms with E-state index in [2.05, 4.69) is 25.0 Å². The molecule has 0 aliphatic carbocycles. The van der Waals surface area contributed by atoms with Crippen LogP contribution in [0.3, 0.4) is 0 Å². The Morgan fingerprint density at radius 3 is 2.36 bits per heavy atom. The summed E-state index contributed by atoms with van der Waals surface area (Å²) in [6.07, 6.45) is 9.16. The van der Waals surface area contributed by atoms with E-state index in [1.54, 1.807) is 0 Å². The third-order valence-electron chi connectivity index (χ3n) is 1.64. The van der Waals surface area contributed by atoms with Gasteiger partial charge in [0.25, 0.3) is 0 Å². The molecule has 0 aliphatic heterocycles. The summed E-state index contributed by atoms with van der Waals surface area (Å²) >= 11 is 0. The van der Waals surface area contributed by atoms with Gasteiger partial charge in [0, 0.05) is 5.56 Å². The van der Waals surface area contributed by atoms with Gasteiger partial charge in [-0.05, 0) is 30.5 Å². The minimum absolute atomic E-state index is 0.852. The highest BCUT2D eigenvalue weighted by atomic mass is 13.9. The average molecular weight is 143 g/mol. The van der Waals surface area contributed by atoms with E-state index in [4.69, 9.17) is 6.42 Å². The van der Waals surface area contributed by atoms with Gasteiger partial charge in [-0.15, -0.1) is 0 Å². The summed E-state index contributed by atoms with van der Waals surface area (Å²) in [6, 6.07) is 7.97. The van der Waals surface area contributed by atoms with Crippen LogP contribution in [0.2, 0.25) is 0 Å². The lowest BCUT2D eigenvalue weighted by Gasteiger charge is -1.96. The predicted molar refractivity (Wildman–Crippen MR) is 46.7 cm³/mol. The van der Waals surface area contributed by atoms with Crippen molar-refractivity contribution in [2.24, 2.45) is 0 Å².